The van der Waals surface area contributed by atoms with Gasteiger partial charge >= 0.3 is 0 Å². The monoisotopic (exact) mass is 393 g/mol. The van der Waals surface area contributed by atoms with Crippen LogP contribution in [-0.2, 0) is 16.1 Å². The number of hydrogen-bond acceptors (Lipinski definition) is 5. The maximum Gasteiger partial charge on any atom is 0.242 e. The third-order valence-corrected chi connectivity index (χ3v) is 4.18. The predicted molar refractivity (Wildman–Crippen MR) is 107 cm³/mol. The van der Waals surface area contributed by atoms with E-state index in [0.717, 1.165) is 16.9 Å². The molecule has 0 aliphatic rings. The van der Waals surface area contributed by atoms with Crippen molar-refractivity contribution in [1.29, 1.82) is 0 Å². The van der Waals surface area contributed by atoms with E-state index in [1.54, 1.807) is 0 Å². The largest absolute Gasteiger partial charge is 0.494 e. The summed E-state index contributed by atoms with van der Waals surface area (Å²) in [4.78, 5) is 28.2. The number of ether oxygens (including phenoxy) is 1. The van der Waals surface area contributed by atoms with Gasteiger partial charge in [-0.25, -0.2) is 9.67 Å². The lowest BCUT2D eigenvalue weighted by molar-refractivity contribution is -0.126. The zero-order chi connectivity index (χ0) is 20.5. The summed E-state index contributed by atoms with van der Waals surface area (Å²) >= 11 is 0. The first-order valence-corrected chi connectivity index (χ1v) is 9.32. The van der Waals surface area contributed by atoms with Crippen LogP contribution in [0.2, 0.25) is 0 Å². The molecule has 0 fully saturated rings. The zero-order valence-electron chi connectivity index (χ0n) is 16.1. The molecule has 3 aromatic rings. The molecule has 0 saturated carbocycles. The van der Waals surface area contributed by atoms with Gasteiger partial charge in [0.1, 0.15) is 24.9 Å². The highest BCUT2D eigenvalue weighted by atomic mass is 16.5. The van der Waals surface area contributed by atoms with E-state index in [2.05, 4.69) is 20.7 Å². The topological polar surface area (TPSA) is 98.1 Å². The number of rotatable bonds is 9. The summed E-state index contributed by atoms with van der Waals surface area (Å²) in [5.41, 5.74) is 1.86. The smallest absolute Gasteiger partial charge is 0.242 e. The van der Waals surface area contributed by atoms with Gasteiger partial charge in [0.2, 0.25) is 11.8 Å². The van der Waals surface area contributed by atoms with E-state index in [1.165, 1.54) is 17.3 Å². The highest BCUT2D eigenvalue weighted by molar-refractivity contribution is 5.85. The van der Waals surface area contributed by atoms with Gasteiger partial charge in [-0.05, 0) is 30.2 Å². The van der Waals surface area contributed by atoms with E-state index < -0.39 is 0 Å². The Morgan fingerprint density at radius 1 is 1.03 bits per heavy atom. The number of amides is 2. The van der Waals surface area contributed by atoms with Crippen molar-refractivity contribution in [3.05, 3.63) is 78.4 Å². The Kier molecular flexibility index (Phi) is 6.94. The molecule has 8 nitrogen and oxygen atoms in total. The zero-order valence-corrected chi connectivity index (χ0v) is 16.1. The summed E-state index contributed by atoms with van der Waals surface area (Å²) in [6, 6.07) is 16.9. The van der Waals surface area contributed by atoms with Crippen molar-refractivity contribution >= 4 is 11.8 Å². The number of nitrogens with zero attached hydrogens (tertiary/aromatic N) is 3. The second-order valence-electron chi connectivity index (χ2n) is 6.28. The fourth-order valence-corrected chi connectivity index (χ4v) is 2.84. The highest BCUT2D eigenvalue weighted by Gasteiger charge is 2.17. The maximum absolute atomic E-state index is 12.5. The van der Waals surface area contributed by atoms with Crippen molar-refractivity contribution < 1.29 is 14.3 Å². The second-order valence-corrected chi connectivity index (χ2v) is 6.28. The van der Waals surface area contributed by atoms with Gasteiger partial charge in [0, 0.05) is 0 Å². The number of hydrogen-bond donors (Lipinski definition) is 2. The summed E-state index contributed by atoms with van der Waals surface area (Å²) in [5, 5.41) is 9.45. The molecule has 1 aromatic heterocycles. The SMILES string of the molecule is CCOc1ccc(C(NC(=O)CNC(=O)Cn2cncn2)c2ccccc2)cc1. The minimum atomic E-state index is -0.341. The molecule has 0 bridgehead atoms. The Morgan fingerprint density at radius 2 is 1.76 bits per heavy atom. The van der Waals surface area contributed by atoms with Gasteiger partial charge in [-0.1, -0.05) is 42.5 Å². The highest BCUT2D eigenvalue weighted by Crippen LogP contribution is 2.24. The molecule has 1 heterocycles. The van der Waals surface area contributed by atoms with Gasteiger partial charge in [0.25, 0.3) is 0 Å². The number of carbonyl (C=O) groups is 2. The molecule has 2 N–H and O–H groups in total. The summed E-state index contributed by atoms with van der Waals surface area (Å²) in [6.07, 6.45) is 2.79. The minimum absolute atomic E-state index is 0.00822. The van der Waals surface area contributed by atoms with Gasteiger partial charge < -0.3 is 15.4 Å². The van der Waals surface area contributed by atoms with E-state index in [9.17, 15) is 9.59 Å². The van der Waals surface area contributed by atoms with E-state index in [0.29, 0.717) is 6.61 Å². The molecule has 8 heteroatoms. The third kappa shape index (κ3) is 5.90. The maximum atomic E-state index is 12.5. The number of carbonyl (C=O) groups excluding carboxylic acids is 2. The molecule has 2 aromatic carbocycles. The summed E-state index contributed by atoms with van der Waals surface area (Å²) in [5.74, 6) is 0.164. The Balaban J connectivity index is 1.65. The number of aromatic nitrogens is 3. The van der Waals surface area contributed by atoms with Gasteiger partial charge in [-0.3, -0.25) is 9.59 Å². The van der Waals surface area contributed by atoms with Crippen LogP contribution in [0.5, 0.6) is 5.75 Å². The molecule has 1 unspecified atom stereocenters. The fourth-order valence-electron chi connectivity index (χ4n) is 2.84. The lowest BCUT2D eigenvalue weighted by Gasteiger charge is -2.20. The minimum Gasteiger partial charge on any atom is -0.494 e. The van der Waals surface area contributed by atoms with E-state index >= 15 is 0 Å². The van der Waals surface area contributed by atoms with Crippen LogP contribution in [0.3, 0.4) is 0 Å². The van der Waals surface area contributed by atoms with Crippen LogP contribution >= 0.6 is 0 Å². The summed E-state index contributed by atoms with van der Waals surface area (Å²) in [6.45, 7) is 2.40. The van der Waals surface area contributed by atoms with Crippen molar-refractivity contribution in [2.45, 2.75) is 19.5 Å². The number of nitrogens with one attached hydrogen (secondary N) is 2. The Bertz CT molecular complexity index is 911. The van der Waals surface area contributed by atoms with Crippen LogP contribution in [0.1, 0.15) is 24.1 Å². The molecule has 1 atom stereocenters. The number of benzene rings is 2. The lowest BCUT2D eigenvalue weighted by Crippen LogP contribution is -2.40. The first-order chi connectivity index (χ1) is 14.2. The molecule has 0 spiro atoms. The van der Waals surface area contributed by atoms with Crippen LogP contribution in [0.25, 0.3) is 0 Å². The fraction of sp³-hybridized carbons (Fsp3) is 0.238. The molecular weight excluding hydrogens is 370 g/mol. The first kappa shape index (κ1) is 20.1. The summed E-state index contributed by atoms with van der Waals surface area (Å²) < 4.78 is 6.88. The van der Waals surface area contributed by atoms with Crippen LogP contribution < -0.4 is 15.4 Å². The van der Waals surface area contributed by atoms with Crippen LogP contribution in [0, 0.1) is 0 Å². The van der Waals surface area contributed by atoms with Crippen LogP contribution in [-0.4, -0.2) is 39.7 Å². The molecule has 29 heavy (non-hydrogen) atoms. The van der Waals surface area contributed by atoms with Crippen molar-refractivity contribution in [2.24, 2.45) is 0 Å². The normalized spacial score (nSPS) is 11.5. The van der Waals surface area contributed by atoms with E-state index in [4.69, 9.17) is 4.74 Å². The molecule has 0 aliphatic heterocycles. The van der Waals surface area contributed by atoms with Crippen molar-refractivity contribution in [3.63, 3.8) is 0 Å². The molecule has 0 saturated heterocycles. The van der Waals surface area contributed by atoms with Gasteiger partial charge in [0.05, 0.1) is 19.2 Å². The molecule has 0 aliphatic carbocycles. The van der Waals surface area contributed by atoms with Crippen molar-refractivity contribution in [3.8, 4) is 5.75 Å². The lowest BCUT2D eigenvalue weighted by atomic mass is 9.98. The standard InChI is InChI=1S/C21H23N5O3/c1-2-29-18-10-8-17(9-11-18)21(16-6-4-3-5-7-16)25-19(27)12-23-20(28)13-26-15-22-14-24-26/h3-11,14-15,21H,2,12-13H2,1H3,(H,23,28)(H,25,27). The second kappa shape index (κ2) is 10.0. The first-order valence-electron chi connectivity index (χ1n) is 9.32. The van der Waals surface area contributed by atoms with E-state index in [-0.39, 0.29) is 30.9 Å². The van der Waals surface area contributed by atoms with Gasteiger partial charge in [0.15, 0.2) is 0 Å². The quantitative estimate of drug-likeness (QED) is 0.577. The predicted octanol–water partition coefficient (Wildman–Crippen LogP) is 1.70. The van der Waals surface area contributed by atoms with Crippen LogP contribution in [0.15, 0.2) is 67.3 Å². The Hall–Kier alpha value is -3.68. The average molecular weight is 393 g/mol. The van der Waals surface area contributed by atoms with Gasteiger partial charge in [-0.2, -0.15) is 5.10 Å². The van der Waals surface area contributed by atoms with Gasteiger partial charge in [-0.15, -0.1) is 0 Å². The third-order valence-electron chi connectivity index (χ3n) is 4.18. The molecule has 3 rings (SSSR count). The molecular formula is C21H23N5O3. The van der Waals surface area contributed by atoms with E-state index in [1.807, 2.05) is 61.5 Å². The Labute approximate surface area is 168 Å². The molecule has 0 radical (unpaired) electrons. The molecule has 2 amide bonds. The summed E-state index contributed by atoms with van der Waals surface area (Å²) in [7, 11) is 0. The van der Waals surface area contributed by atoms with Crippen molar-refractivity contribution in [2.75, 3.05) is 13.2 Å². The van der Waals surface area contributed by atoms with Crippen molar-refractivity contribution in [1.82, 2.24) is 25.4 Å². The Morgan fingerprint density at radius 3 is 2.41 bits per heavy atom. The average Bonchev–Trinajstić information content (AvgIpc) is 3.25. The van der Waals surface area contributed by atoms with Crippen LogP contribution in [0.4, 0.5) is 0 Å². The molecule has 150 valence electrons.